The number of aliphatic hydroxyl groups excluding tert-OH is 1. The number of methoxy groups -OCH3 is 1. The van der Waals surface area contributed by atoms with E-state index in [1.165, 1.54) is 12.0 Å². The van der Waals surface area contributed by atoms with Crippen molar-refractivity contribution in [3.8, 4) is 5.75 Å². The number of hydrogen-bond acceptors (Lipinski definition) is 5. The fraction of sp³-hybridized carbons (Fsp3) is 0.0741. The van der Waals surface area contributed by atoms with E-state index in [1.807, 2.05) is 36.4 Å². The number of benzene rings is 3. The fourth-order valence-electron chi connectivity index (χ4n) is 4.25. The Morgan fingerprint density at radius 1 is 0.939 bits per heavy atom. The molecule has 1 aromatic heterocycles. The third-order valence-electron chi connectivity index (χ3n) is 5.79. The van der Waals surface area contributed by atoms with Crippen LogP contribution >= 0.6 is 0 Å². The molecule has 1 unspecified atom stereocenters. The van der Waals surface area contributed by atoms with Crippen molar-refractivity contribution in [3.05, 3.63) is 108 Å². The SMILES string of the molecule is COc1cccc(N2C(=O)C(=O)/C(=C(\O)c3cccc4ccccc34)C2c2ccccn2)c1. The van der Waals surface area contributed by atoms with Crippen LogP contribution in [0.2, 0.25) is 0 Å². The summed E-state index contributed by atoms with van der Waals surface area (Å²) in [6, 6.07) is 24.3. The number of carbonyl (C=O) groups excluding carboxylic acids is 2. The zero-order chi connectivity index (χ0) is 22.9. The van der Waals surface area contributed by atoms with Crippen molar-refractivity contribution in [2.45, 2.75) is 6.04 Å². The second kappa shape index (κ2) is 8.24. The first-order valence-corrected chi connectivity index (χ1v) is 10.4. The topological polar surface area (TPSA) is 79.7 Å². The van der Waals surface area contributed by atoms with Crippen molar-refractivity contribution in [2.24, 2.45) is 0 Å². The number of fused-ring (bicyclic) bond motifs is 1. The molecule has 162 valence electrons. The maximum atomic E-state index is 13.3. The third-order valence-corrected chi connectivity index (χ3v) is 5.79. The molecule has 0 saturated carbocycles. The molecular weight excluding hydrogens is 416 g/mol. The molecule has 6 nitrogen and oxygen atoms in total. The molecule has 0 aliphatic carbocycles. The minimum Gasteiger partial charge on any atom is -0.507 e. The van der Waals surface area contributed by atoms with Gasteiger partial charge in [0.25, 0.3) is 11.7 Å². The van der Waals surface area contributed by atoms with Crippen LogP contribution < -0.4 is 9.64 Å². The standard InChI is InChI=1S/C27H20N2O4/c1-33-19-11-7-10-18(16-19)29-24(22-14-4-5-15-28-22)23(26(31)27(29)32)25(30)21-13-6-9-17-8-2-3-12-20(17)21/h2-16,24,30H,1H3/b25-23-. The number of nitrogens with zero attached hydrogens (tertiary/aromatic N) is 2. The summed E-state index contributed by atoms with van der Waals surface area (Å²) in [7, 11) is 1.53. The molecular formula is C27H20N2O4. The number of Topliss-reactive ketones (excluding diaryl/α,β-unsaturated/α-hetero) is 1. The molecule has 33 heavy (non-hydrogen) atoms. The highest BCUT2D eigenvalue weighted by atomic mass is 16.5. The van der Waals surface area contributed by atoms with Gasteiger partial charge in [0.05, 0.1) is 18.4 Å². The van der Waals surface area contributed by atoms with Crippen LogP contribution in [-0.4, -0.2) is 28.9 Å². The lowest BCUT2D eigenvalue weighted by Crippen LogP contribution is -2.29. The smallest absolute Gasteiger partial charge is 0.300 e. The van der Waals surface area contributed by atoms with Crippen molar-refractivity contribution in [3.63, 3.8) is 0 Å². The van der Waals surface area contributed by atoms with Crippen LogP contribution in [0.3, 0.4) is 0 Å². The highest BCUT2D eigenvalue weighted by Gasteiger charge is 2.47. The zero-order valence-corrected chi connectivity index (χ0v) is 17.8. The van der Waals surface area contributed by atoms with Crippen LogP contribution in [0, 0.1) is 0 Å². The molecule has 2 heterocycles. The molecule has 1 saturated heterocycles. The number of ether oxygens (including phenoxy) is 1. The lowest BCUT2D eigenvalue weighted by atomic mass is 9.95. The number of rotatable bonds is 4. The maximum Gasteiger partial charge on any atom is 0.300 e. The minimum atomic E-state index is -0.891. The molecule has 1 fully saturated rings. The number of pyridine rings is 1. The van der Waals surface area contributed by atoms with Crippen molar-refractivity contribution >= 4 is 33.9 Å². The molecule has 5 rings (SSSR count). The number of hydrogen-bond donors (Lipinski definition) is 1. The lowest BCUT2D eigenvalue weighted by Gasteiger charge is -2.25. The van der Waals surface area contributed by atoms with E-state index in [0.717, 1.165) is 10.8 Å². The Bertz CT molecular complexity index is 1410. The first-order chi connectivity index (χ1) is 16.1. The number of aliphatic hydroxyl groups is 1. The van der Waals surface area contributed by atoms with Crippen LogP contribution in [-0.2, 0) is 9.59 Å². The van der Waals surface area contributed by atoms with Crippen LogP contribution in [0.1, 0.15) is 17.3 Å². The van der Waals surface area contributed by atoms with Gasteiger partial charge in [0.15, 0.2) is 0 Å². The number of anilines is 1. The van der Waals surface area contributed by atoms with Gasteiger partial charge in [-0.05, 0) is 35.0 Å². The Kier molecular flexibility index (Phi) is 5.11. The second-order valence-corrected chi connectivity index (χ2v) is 7.65. The summed E-state index contributed by atoms with van der Waals surface area (Å²) in [5, 5.41) is 13.1. The monoisotopic (exact) mass is 436 g/mol. The number of ketones is 1. The van der Waals surface area contributed by atoms with E-state index in [9.17, 15) is 14.7 Å². The molecule has 1 amide bonds. The predicted octanol–water partition coefficient (Wildman–Crippen LogP) is 4.87. The number of carbonyl (C=O) groups is 2. The van der Waals surface area contributed by atoms with Gasteiger partial charge in [-0.1, -0.05) is 54.6 Å². The molecule has 0 spiro atoms. The molecule has 1 atom stereocenters. The first kappa shape index (κ1) is 20.5. The Morgan fingerprint density at radius 2 is 1.70 bits per heavy atom. The molecule has 0 radical (unpaired) electrons. The van der Waals surface area contributed by atoms with Gasteiger partial charge in [-0.25, -0.2) is 0 Å². The summed E-state index contributed by atoms with van der Waals surface area (Å²) in [5.41, 5.74) is 1.43. The second-order valence-electron chi connectivity index (χ2n) is 7.65. The number of aromatic nitrogens is 1. The van der Waals surface area contributed by atoms with Crippen LogP contribution in [0.15, 0.2) is 96.7 Å². The Morgan fingerprint density at radius 3 is 2.48 bits per heavy atom. The van der Waals surface area contributed by atoms with Gasteiger partial charge in [-0.2, -0.15) is 0 Å². The minimum absolute atomic E-state index is 0.00197. The zero-order valence-electron chi connectivity index (χ0n) is 17.8. The fourth-order valence-corrected chi connectivity index (χ4v) is 4.25. The molecule has 1 aliphatic heterocycles. The molecule has 3 aromatic carbocycles. The van der Waals surface area contributed by atoms with E-state index < -0.39 is 17.7 Å². The van der Waals surface area contributed by atoms with Gasteiger partial charge in [0, 0.05) is 23.5 Å². The molecule has 1 aliphatic rings. The third kappa shape index (κ3) is 3.42. The summed E-state index contributed by atoms with van der Waals surface area (Å²) >= 11 is 0. The summed E-state index contributed by atoms with van der Waals surface area (Å²) in [6.07, 6.45) is 1.60. The summed E-state index contributed by atoms with van der Waals surface area (Å²) in [5.74, 6) is -1.19. The van der Waals surface area contributed by atoms with Crippen molar-refractivity contribution in [1.29, 1.82) is 0 Å². The van der Waals surface area contributed by atoms with E-state index in [4.69, 9.17) is 4.74 Å². The van der Waals surface area contributed by atoms with Gasteiger partial charge < -0.3 is 9.84 Å². The lowest BCUT2D eigenvalue weighted by molar-refractivity contribution is -0.132. The number of amides is 1. The molecule has 0 bridgehead atoms. The predicted molar refractivity (Wildman–Crippen MR) is 126 cm³/mol. The summed E-state index contributed by atoms with van der Waals surface area (Å²) in [6.45, 7) is 0. The van der Waals surface area contributed by atoms with Crippen LogP contribution in [0.5, 0.6) is 5.75 Å². The Balaban J connectivity index is 1.77. The maximum absolute atomic E-state index is 13.3. The summed E-state index contributed by atoms with van der Waals surface area (Å²) < 4.78 is 5.31. The highest BCUT2D eigenvalue weighted by molar-refractivity contribution is 6.51. The van der Waals surface area contributed by atoms with Crippen LogP contribution in [0.25, 0.3) is 16.5 Å². The van der Waals surface area contributed by atoms with E-state index in [1.54, 1.807) is 54.7 Å². The summed E-state index contributed by atoms with van der Waals surface area (Å²) in [4.78, 5) is 32.4. The van der Waals surface area contributed by atoms with Gasteiger partial charge in [-0.15, -0.1) is 0 Å². The van der Waals surface area contributed by atoms with Crippen molar-refractivity contribution in [1.82, 2.24) is 4.98 Å². The van der Waals surface area contributed by atoms with E-state index in [2.05, 4.69) is 4.98 Å². The van der Waals surface area contributed by atoms with E-state index in [-0.39, 0.29) is 11.3 Å². The molecule has 4 aromatic rings. The van der Waals surface area contributed by atoms with Gasteiger partial charge in [0.1, 0.15) is 17.6 Å². The van der Waals surface area contributed by atoms with E-state index >= 15 is 0 Å². The van der Waals surface area contributed by atoms with Gasteiger partial charge >= 0.3 is 0 Å². The normalized spacial score (nSPS) is 17.5. The van der Waals surface area contributed by atoms with E-state index in [0.29, 0.717) is 22.7 Å². The highest BCUT2D eigenvalue weighted by Crippen LogP contribution is 2.42. The Labute approximate surface area is 190 Å². The average Bonchev–Trinajstić information content (AvgIpc) is 3.14. The molecule has 6 heteroatoms. The van der Waals surface area contributed by atoms with Gasteiger partial charge in [0.2, 0.25) is 0 Å². The first-order valence-electron chi connectivity index (χ1n) is 10.4. The average molecular weight is 436 g/mol. The van der Waals surface area contributed by atoms with Crippen LogP contribution in [0.4, 0.5) is 5.69 Å². The van der Waals surface area contributed by atoms with Gasteiger partial charge in [-0.3, -0.25) is 19.5 Å². The van der Waals surface area contributed by atoms with Crippen molar-refractivity contribution in [2.75, 3.05) is 12.0 Å². The molecule has 1 N–H and O–H groups in total. The Hall–Kier alpha value is -4.45. The quantitative estimate of drug-likeness (QED) is 0.281. The largest absolute Gasteiger partial charge is 0.507 e. The van der Waals surface area contributed by atoms with Crippen molar-refractivity contribution < 1.29 is 19.4 Å².